The molecule has 1 aromatic heterocycles. The topological polar surface area (TPSA) is 67.9 Å². The van der Waals surface area contributed by atoms with E-state index in [1.165, 1.54) is 11.3 Å². The van der Waals surface area contributed by atoms with Crippen molar-refractivity contribution < 1.29 is 0 Å². The second-order valence-electron chi connectivity index (χ2n) is 4.66. The van der Waals surface area contributed by atoms with Crippen molar-refractivity contribution >= 4 is 5.82 Å². The molecule has 16 heavy (non-hydrogen) atoms. The van der Waals surface area contributed by atoms with Crippen LogP contribution in [0.2, 0.25) is 0 Å². The Morgan fingerprint density at radius 2 is 2.00 bits per heavy atom. The molecule has 2 aliphatic heterocycles. The molecule has 88 valence electrons. The molecule has 5 nitrogen and oxygen atoms in total. The SMILES string of the molecule is Nc1c2c(nn1C1CCNCC1)CCNC2. The molecule has 3 rings (SSSR count). The predicted molar refractivity (Wildman–Crippen MR) is 63.2 cm³/mol. The molecule has 0 aliphatic carbocycles. The summed E-state index contributed by atoms with van der Waals surface area (Å²) in [5.74, 6) is 0.883. The summed E-state index contributed by atoms with van der Waals surface area (Å²) in [6.07, 6.45) is 3.29. The van der Waals surface area contributed by atoms with Crippen molar-refractivity contribution in [1.29, 1.82) is 0 Å². The molecule has 5 heteroatoms. The minimum Gasteiger partial charge on any atom is -0.384 e. The number of nitrogens with two attached hydrogens (primary N) is 1. The third-order valence-corrected chi connectivity index (χ3v) is 3.63. The quantitative estimate of drug-likeness (QED) is 0.626. The van der Waals surface area contributed by atoms with Crippen LogP contribution >= 0.6 is 0 Å². The Bertz CT molecular complexity index is 378. The smallest absolute Gasteiger partial charge is 0.126 e. The number of aromatic nitrogens is 2. The second kappa shape index (κ2) is 4.07. The van der Waals surface area contributed by atoms with Crippen LogP contribution in [0.4, 0.5) is 5.82 Å². The molecule has 2 aliphatic rings. The zero-order valence-corrected chi connectivity index (χ0v) is 9.50. The van der Waals surface area contributed by atoms with Gasteiger partial charge in [-0.25, -0.2) is 4.68 Å². The number of nitrogens with zero attached hydrogens (tertiary/aromatic N) is 2. The van der Waals surface area contributed by atoms with Crippen LogP contribution in [-0.4, -0.2) is 29.4 Å². The molecule has 1 saturated heterocycles. The van der Waals surface area contributed by atoms with Crippen molar-refractivity contribution in [2.24, 2.45) is 0 Å². The van der Waals surface area contributed by atoms with Crippen LogP contribution in [0.15, 0.2) is 0 Å². The van der Waals surface area contributed by atoms with Crippen LogP contribution in [0.1, 0.15) is 30.1 Å². The van der Waals surface area contributed by atoms with Crippen LogP contribution < -0.4 is 16.4 Å². The Labute approximate surface area is 95.4 Å². The Balaban J connectivity index is 1.91. The van der Waals surface area contributed by atoms with Crippen LogP contribution in [-0.2, 0) is 13.0 Å². The molecule has 0 atom stereocenters. The van der Waals surface area contributed by atoms with E-state index in [-0.39, 0.29) is 0 Å². The molecule has 3 heterocycles. The molecule has 1 aromatic rings. The van der Waals surface area contributed by atoms with Gasteiger partial charge in [-0.1, -0.05) is 0 Å². The Morgan fingerprint density at radius 1 is 1.19 bits per heavy atom. The van der Waals surface area contributed by atoms with Gasteiger partial charge in [-0.2, -0.15) is 5.10 Å². The van der Waals surface area contributed by atoms with E-state index in [2.05, 4.69) is 15.3 Å². The number of fused-ring (bicyclic) bond motifs is 1. The van der Waals surface area contributed by atoms with E-state index in [4.69, 9.17) is 10.8 Å². The fourth-order valence-corrected chi connectivity index (χ4v) is 2.67. The van der Waals surface area contributed by atoms with E-state index in [0.29, 0.717) is 6.04 Å². The molecule has 0 radical (unpaired) electrons. The molecule has 0 unspecified atom stereocenters. The van der Waals surface area contributed by atoms with Gasteiger partial charge in [0.05, 0.1) is 11.7 Å². The van der Waals surface area contributed by atoms with Gasteiger partial charge in [0.15, 0.2) is 0 Å². The van der Waals surface area contributed by atoms with Gasteiger partial charge in [-0.05, 0) is 25.9 Å². The maximum atomic E-state index is 6.20. The number of hydrogen-bond donors (Lipinski definition) is 3. The highest BCUT2D eigenvalue weighted by Gasteiger charge is 2.23. The highest BCUT2D eigenvalue weighted by molar-refractivity contribution is 5.45. The summed E-state index contributed by atoms with van der Waals surface area (Å²) >= 11 is 0. The first-order chi connectivity index (χ1) is 7.86. The number of hydrogen-bond acceptors (Lipinski definition) is 4. The number of nitrogen functional groups attached to an aromatic ring is 1. The molecule has 0 saturated carbocycles. The summed E-state index contributed by atoms with van der Waals surface area (Å²) in [6, 6.07) is 0.492. The highest BCUT2D eigenvalue weighted by atomic mass is 15.3. The summed E-state index contributed by atoms with van der Waals surface area (Å²) in [4.78, 5) is 0. The number of nitrogens with one attached hydrogen (secondary N) is 2. The van der Waals surface area contributed by atoms with Gasteiger partial charge < -0.3 is 16.4 Å². The number of rotatable bonds is 1. The van der Waals surface area contributed by atoms with Crippen molar-refractivity contribution in [1.82, 2.24) is 20.4 Å². The molecule has 0 spiro atoms. The van der Waals surface area contributed by atoms with Crippen LogP contribution in [0.3, 0.4) is 0 Å². The van der Waals surface area contributed by atoms with E-state index in [9.17, 15) is 0 Å². The molecular formula is C11H19N5. The van der Waals surface area contributed by atoms with Gasteiger partial charge >= 0.3 is 0 Å². The monoisotopic (exact) mass is 221 g/mol. The van der Waals surface area contributed by atoms with Crippen molar-refractivity contribution in [3.8, 4) is 0 Å². The lowest BCUT2D eigenvalue weighted by Gasteiger charge is -2.23. The van der Waals surface area contributed by atoms with Crippen LogP contribution in [0.5, 0.6) is 0 Å². The van der Waals surface area contributed by atoms with Gasteiger partial charge in [0, 0.05) is 25.1 Å². The Kier molecular flexibility index (Phi) is 2.57. The van der Waals surface area contributed by atoms with Crippen LogP contribution in [0.25, 0.3) is 0 Å². The van der Waals surface area contributed by atoms with E-state index >= 15 is 0 Å². The van der Waals surface area contributed by atoms with Crippen molar-refractivity contribution in [2.75, 3.05) is 25.4 Å². The highest BCUT2D eigenvalue weighted by Crippen LogP contribution is 2.27. The average molecular weight is 221 g/mol. The average Bonchev–Trinajstić information content (AvgIpc) is 2.69. The fraction of sp³-hybridized carbons (Fsp3) is 0.727. The van der Waals surface area contributed by atoms with Gasteiger partial charge in [0.2, 0.25) is 0 Å². The van der Waals surface area contributed by atoms with Gasteiger partial charge in [-0.3, -0.25) is 0 Å². The lowest BCUT2D eigenvalue weighted by atomic mass is 10.1. The molecule has 0 bridgehead atoms. The zero-order chi connectivity index (χ0) is 11.0. The van der Waals surface area contributed by atoms with E-state index in [1.54, 1.807) is 0 Å². The standard InChI is InChI=1S/C11H19N5/c12-11-9-7-14-6-3-10(9)15-16(11)8-1-4-13-5-2-8/h8,13-14H,1-7,12H2. The minimum atomic E-state index is 0.492. The summed E-state index contributed by atoms with van der Waals surface area (Å²) in [5, 5.41) is 11.4. The predicted octanol–water partition coefficient (Wildman–Crippen LogP) is 0.0355. The third-order valence-electron chi connectivity index (χ3n) is 3.63. The van der Waals surface area contributed by atoms with Gasteiger partial charge in [0.1, 0.15) is 5.82 Å². The largest absolute Gasteiger partial charge is 0.384 e. The third kappa shape index (κ3) is 1.60. The first-order valence-corrected chi connectivity index (χ1v) is 6.13. The first-order valence-electron chi connectivity index (χ1n) is 6.13. The summed E-state index contributed by atoms with van der Waals surface area (Å²) in [7, 11) is 0. The Morgan fingerprint density at radius 3 is 2.75 bits per heavy atom. The van der Waals surface area contributed by atoms with E-state index in [0.717, 1.165) is 51.3 Å². The minimum absolute atomic E-state index is 0.492. The lowest BCUT2D eigenvalue weighted by Crippen LogP contribution is -2.30. The normalized spacial score (nSPS) is 22.0. The fourth-order valence-electron chi connectivity index (χ4n) is 2.67. The second-order valence-corrected chi connectivity index (χ2v) is 4.66. The Hall–Kier alpha value is -1.07. The molecule has 4 N–H and O–H groups in total. The molecule has 0 amide bonds. The maximum Gasteiger partial charge on any atom is 0.126 e. The van der Waals surface area contributed by atoms with Gasteiger partial charge in [-0.15, -0.1) is 0 Å². The molecule has 1 fully saturated rings. The lowest BCUT2D eigenvalue weighted by molar-refractivity contribution is 0.345. The van der Waals surface area contributed by atoms with Crippen LogP contribution in [0, 0.1) is 0 Å². The van der Waals surface area contributed by atoms with Crippen molar-refractivity contribution in [2.45, 2.75) is 31.8 Å². The molecule has 0 aromatic carbocycles. The zero-order valence-electron chi connectivity index (χ0n) is 9.50. The van der Waals surface area contributed by atoms with E-state index < -0.39 is 0 Å². The van der Waals surface area contributed by atoms with Gasteiger partial charge in [0.25, 0.3) is 0 Å². The van der Waals surface area contributed by atoms with E-state index in [1.807, 2.05) is 0 Å². The summed E-state index contributed by atoms with van der Waals surface area (Å²) in [6.45, 7) is 4.06. The maximum absolute atomic E-state index is 6.20. The summed E-state index contributed by atoms with van der Waals surface area (Å²) < 4.78 is 2.07. The summed E-state index contributed by atoms with van der Waals surface area (Å²) in [5.41, 5.74) is 8.63. The number of piperidine rings is 1. The first kappa shape index (κ1) is 10.1. The number of anilines is 1. The van der Waals surface area contributed by atoms with Crippen molar-refractivity contribution in [3.63, 3.8) is 0 Å². The molecular weight excluding hydrogens is 202 g/mol. The van der Waals surface area contributed by atoms with Crippen molar-refractivity contribution in [3.05, 3.63) is 11.3 Å².